The summed E-state index contributed by atoms with van der Waals surface area (Å²) in [6.07, 6.45) is 0. The van der Waals surface area contributed by atoms with Crippen molar-refractivity contribution in [1.82, 2.24) is 9.13 Å². The number of benzene rings is 7. The fourth-order valence-electron chi connectivity index (χ4n) is 7.37. The smallest absolute Gasteiger partial charge is 0.101 e. The van der Waals surface area contributed by atoms with Crippen molar-refractivity contribution in [2.24, 2.45) is 0 Å². The lowest BCUT2D eigenvalue weighted by molar-refractivity contribution is 1.15. The molecule has 0 bridgehead atoms. The minimum atomic E-state index is 0.277. The van der Waals surface area contributed by atoms with E-state index in [1.807, 2.05) is 28.8 Å². The van der Waals surface area contributed by atoms with Gasteiger partial charge in [0.05, 0.1) is 50.5 Å². The molecule has 0 spiro atoms. The van der Waals surface area contributed by atoms with Gasteiger partial charge >= 0.3 is 0 Å². The molecule has 0 atom stereocenters. The van der Waals surface area contributed by atoms with Gasteiger partial charge < -0.3 is 9.13 Å². The number of rotatable bonds is 4. The van der Waals surface area contributed by atoms with Gasteiger partial charge in [-0.1, -0.05) is 103 Å². The minimum Gasteiger partial charge on any atom is -0.309 e. The van der Waals surface area contributed by atoms with E-state index in [-0.39, 0.29) is 16.7 Å². The van der Waals surface area contributed by atoms with Crippen LogP contribution in [-0.2, 0) is 0 Å². The maximum absolute atomic E-state index is 10.2. The van der Waals surface area contributed by atoms with Gasteiger partial charge in [0, 0.05) is 27.2 Å². The largest absolute Gasteiger partial charge is 0.309 e. The fraction of sp³-hybridized carbons (Fsp3) is 0. The highest BCUT2D eigenvalue weighted by atomic mass is 15.0. The average molecular weight is 636 g/mol. The average Bonchev–Trinajstić information content (AvgIpc) is 3.68. The van der Waals surface area contributed by atoms with Crippen LogP contribution in [0.3, 0.4) is 0 Å². The zero-order valence-electron chi connectivity index (χ0n) is 26.7. The molecule has 0 aliphatic rings. The third kappa shape index (κ3) is 4.38. The minimum absolute atomic E-state index is 0.277. The van der Waals surface area contributed by atoms with Crippen molar-refractivity contribution in [2.45, 2.75) is 0 Å². The van der Waals surface area contributed by atoms with Gasteiger partial charge in [0.2, 0.25) is 0 Å². The van der Waals surface area contributed by atoms with Crippen LogP contribution in [0.25, 0.3) is 77.2 Å². The molecule has 5 heteroatoms. The van der Waals surface area contributed by atoms with Gasteiger partial charge in [-0.3, -0.25) is 0 Å². The van der Waals surface area contributed by atoms with Gasteiger partial charge in [-0.25, -0.2) is 0 Å². The predicted octanol–water partition coefficient (Wildman–Crippen LogP) is 10.8. The lowest BCUT2D eigenvalue weighted by atomic mass is 10.00. The SMILES string of the molecule is N#Cc1cc(C#N)c(-n2c3ccccc3c3cc4c(cc32)c2ccccc2n4-c2cccc(-c3ccc(-c4ccccc4)cc3)c2)c(C#N)c1. The van der Waals surface area contributed by atoms with Crippen molar-refractivity contribution in [3.63, 3.8) is 0 Å². The normalized spacial score (nSPS) is 11.1. The summed E-state index contributed by atoms with van der Waals surface area (Å²) in [7, 11) is 0. The summed E-state index contributed by atoms with van der Waals surface area (Å²) in [5.74, 6) is 0. The second kappa shape index (κ2) is 11.4. The lowest BCUT2D eigenvalue weighted by Gasteiger charge is -2.13. The Balaban J connectivity index is 1.29. The third-order valence-electron chi connectivity index (χ3n) is 9.60. The van der Waals surface area contributed by atoms with E-state index in [9.17, 15) is 15.8 Å². The first-order valence-electron chi connectivity index (χ1n) is 16.3. The molecule has 7 aromatic carbocycles. The molecule has 2 aromatic heterocycles. The molecule has 9 rings (SSSR count). The van der Waals surface area contributed by atoms with Gasteiger partial charge in [-0.05, 0) is 70.8 Å². The maximum Gasteiger partial charge on any atom is 0.101 e. The Hall–Kier alpha value is -7.39. The molecule has 0 fully saturated rings. The highest BCUT2D eigenvalue weighted by Gasteiger charge is 2.22. The van der Waals surface area contributed by atoms with Crippen LogP contribution in [0.1, 0.15) is 16.7 Å². The van der Waals surface area contributed by atoms with E-state index in [1.165, 1.54) is 11.1 Å². The summed E-state index contributed by atoms with van der Waals surface area (Å²) in [4.78, 5) is 0. The van der Waals surface area contributed by atoms with E-state index in [0.717, 1.165) is 60.4 Å². The van der Waals surface area contributed by atoms with Crippen LogP contribution in [0.2, 0.25) is 0 Å². The van der Waals surface area contributed by atoms with E-state index < -0.39 is 0 Å². The molecule has 0 radical (unpaired) electrons. The molecule has 230 valence electrons. The van der Waals surface area contributed by atoms with Crippen molar-refractivity contribution >= 4 is 43.6 Å². The highest BCUT2D eigenvalue weighted by Crippen LogP contribution is 2.41. The molecule has 5 nitrogen and oxygen atoms in total. The molecule has 0 unspecified atom stereocenters. The van der Waals surface area contributed by atoms with Gasteiger partial charge in [0.15, 0.2) is 0 Å². The first-order valence-corrected chi connectivity index (χ1v) is 16.3. The van der Waals surface area contributed by atoms with E-state index in [1.54, 1.807) is 12.1 Å². The Labute approximate surface area is 287 Å². The Bertz CT molecular complexity index is 2910. The molecule has 0 amide bonds. The molecule has 9 aromatic rings. The number of aromatic nitrogens is 2. The molecule has 0 saturated heterocycles. The Morgan fingerprint density at radius 1 is 0.360 bits per heavy atom. The van der Waals surface area contributed by atoms with Crippen LogP contribution in [0.15, 0.2) is 152 Å². The summed E-state index contributed by atoms with van der Waals surface area (Å²) < 4.78 is 4.33. The number of fused-ring (bicyclic) bond motifs is 6. The first-order chi connectivity index (χ1) is 24.7. The summed E-state index contributed by atoms with van der Waals surface area (Å²) in [6, 6.07) is 58.4. The molecular weight excluding hydrogens is 611 g/mol. The zero-order chi connectivity index (χ0) is 33.8. The molecule has 0 saturated carbocycles. The summed E-state index contributed by atoms with van der Waals surface area (Å²) in [5.41, 5.74) is 10.9. The van der Waals surface area contributed by atoms with Crippen molar-refractivity contribution < 1.29 is 0 Å². The molecule has 0 aliphatic carbocycles. The van der Waals surface area contributed by atoms with E-state index >= 15 is 0 Å². The van der Waals surface area contributed by atoms with E-state index in [4.69, 9.17) is 0 Å². The van der Waals surface area contributed by atoms with Crippen molar-refractivity contribution in [2.75, 3.05) is 0 Å². The summed E-state index contributed by atoms with van der Waals surface area (Å²) >= 11 is 0. The molecule has 2 heterocycles. The van der Waals surface area contributed by atoms with E-state index in [0.29, 0.717) is 5.69 Å². The van der Waals surface area contributed by atoms with Crippen LogP contribution < -0.4 is 0 Å². The first kappa shape index (κ1) is 28.8. The quantitative estimate of drug-likeness (QED) is 0.193. The number of para-hydroxylation sites is 2. The van der Waals surface area contributed by atoms with Crippen LogP contribution >= 0.6 is 0 Å². The number of nitriles is 3. The molecule has 0 aliphatic heterocycles. The Morgan fingerprint density at radius 2 is 0.860 bits per heavy atom. The number of nitrogens with zero attached hydrogens (tertiary/aromatic N) is 5. The Kier molecular flexibility index (Phi) is 6.56. The lowest BCUT2D eigenvalue weighted by Crippen LogP contribution is -2.02. The topological polar surface area (TPSA) is 81.2 Å². The molecule has 0 N–H and O–H groups in total. The predicted molar refractivity (Wildman–Crippen MR) is 200 cm³/mol. The van der Waals surface area contributed by atoms with Gasteiger partial charge in [0.1, 0.15) is 12.1 Å². The van der Waals surface area contributed by atoms with E-state index in [2.05, 4.69) is 138 Å². The number of hydrogen-bond donors (Lipinski definition) is 0. The van der Waals surface area contributed by atoms with Crippen molar-refractivity contribution in [1.29, 1.82) is 15.8 Å². The molecule has 50 heavy (non-hydrogen) atoms. The Morgan fingerprint density at radius 3 is 1.46 bits per heavy atom. The van der Waals surface area contributed by atoms with Gasteiger partial charge in [0.25, 0.3) is 0 Å². The van der Waals surface area contributed by atoms with Crippen LogP contribution in [-0.4, -0.2) is 9.13 Å². The molecular formula is C45H25N5. The van der Waals surface area contributed by atoms with Crippen LogP contribution in [0, 0.1) is 34.0 Å². The second-order valence-electron chi connectivity index (χ2n) is 12.3. The maximum atomic E-state index is 10.2. The monoisotopic (exact) mass is 635 g/mol. The van der Waals surface area contributed by atoms with Crippen molar-refractivity contribution in [3.8, 4) is 51.8 Å². The van der Waals surface area contributed by atoms with Crippen molar-refractivity contribution in [3.05, 3.63) is 168 Å². The standard InChI is InChI=1S/C45H25N5/c46-26-29-21-34(27-47)45(35(22-29)28-48)50-42-16-7-5-14-38(42)40-24-43-39(25-44(40)50)37-13-4-6-15-41(37)49(43)36-12-8-11-33(23-36)32-19-17-31(18-20-32)30-9-2-1-3-10-30/h1-25H. The van der Waals surface area contributed by atoms with Crippen LogP contribution in [0.5, 0.6) is 0 Å². The fourth-order valence-corrected chi connectivity index (χ4v) is 7.37. The third-order valence-corrected chi connectivity index (χ3v) is 9.60. The number of hydrogen-bond acceptors (Lipinski definition) is 3. The summed E-state index contributed by atoms with van der Waals surface area (Å²) in [6.45, 7) is 0. The second-order valence-corrected chi connectivity index (χ2v) is 12.3. The van der Waals surface area contributed by atoms with Gasteiger partial charge in [-0.2, -0.15) is 15.8 Å². The van der Waals surface area contributed by atoms with Crippen LogP contribution in [0.4, 0.5) is 0 Å². The van der Waals surface area contributed by atoms with Gasteiger partial charge in [-0.15, -0.1) is 0 Å². The highest BCUT2D eigenvalue weighted by molar-refractivity contribution is 6.19. The summed E-state index contributed by atoms with van der Waals surface area (Å²) in [5, 5.41) is 34.2. The zero-order valence-corrected chi connectivity index (χ0v) is 26.7.